The van der Waals surface area contributed by atoms with E-state index in [-0.39, 0.29) is 44.3 Å². The topological polar surface area (TPSA) is 34.1 Å². The van der Waals surface area contributed by atoms with Crippen molar-refractivity contribution in [3.63, 3.8) is 0 Å². The van der Waals surface area contributed by atoms with E-state index in [4.69, 9.17) is 0 Å². The Balaban J connectivity index is 0.00000261. The van der Waals surface area contributed by atoms with Crippen molar-refractivity contribution in [3.05, 3.63) is 75.7 Å². The second-order valence-electron chi connectivity index (χ2n) is 7.40. The number of rotatable bonds is 4. The minimum Gasteiger partial charge on any atom is -0.293 e. The maximum absolute atomic E-state index is 13.4. The molecule has 1 aliphatic rings. The Hall–Kier alpha value is -1.03. The Labute approximate surface area is 191 Å². The van der Waals surface area contributed by atoms with Gasteiger partial charge in [-0.1, -0.05) is 63.2 Å². The minimum atomic E-state index is -0.504. The summed E-state index contributed by atoms with van der Waals surface area (Å²) in [7, 11) is 0. The number of hydrogen-bond donors (Lipinski definition) is 0. The van der Waals surface area contributed by atoms with Gasteiger partial charge in [0.25, 0.3) is 0 Å². The van der Waals surface area contributed by atoms with Gasteiger partial charge in [0, 0.05) is 47.9 Å². The van der Waals surface area contributed by atoms with Crippen LogP contribution in [0.5, 0.6) is 0 Å². The first-order chi connectivity index (χ1) is 12.3. The summed E-state index contributed by atoms with van der Waals surface area (Å²) in [5.41, 5.74) is 2.30. The molecular formula is C23H23O2SY-. The molecule has 1 radical (unpaired) electrons. The quantitative estimate of drug-likeness (QED) is 0.338. The van der Waals surface area contributed by atoms with Gasteiger partial charge in [-0.2, -0.15) is 23.8 Å². The fourth-order valence-electron chi connectivity index (χ4n) is 3.16. The second-order valence-corrected chi connectivity index (χ2v) is 8.57. The molecule has 0 aromatic heterocycles. The van der Waals surface area contributed by atoms with E-state index in [2.05, 4.69) is 6.07 Å². The van der Waals surface area contributed by atoms with Crippen LogP contribution in [-0.2, 0) is 37.5 Å². The molecule has 0 bridgehead atoms. The van der Waals surface area contributed by atoms with Crippen LogP contribution >= 0.6 is 11.8 Å². The van der Waals surface area contributed by atoms with Crippen LogP contribution in [0.15, 0.2) is 57.8 Å². The van der Waals surface area contributed by atoms with Gasteiger partial charge in [0.2, 0.25) is 0 Å². The Morgan fingerprint density at radius 3 is 2.44 bits per heavy atom. The largest absolute Gasteiger partial charge is 0.293 e. The SMILES string of the molecule is Cc1[c-]ccc(C(=O)C2=C(Sc3ccccc3)CCC(C)(C)C2=O)c1C.[Y]. The monoisotopic (exact) mass is 452 g/mol. The van der Waals surface area contributed by atoms with E-state index in [1.54, 1.807) is 23.9 Å². The number of thioether (sulfide) groups is 1. The molecule has 0 unspecified atom stereocenters. The summed E-state index contributed by atoms with van der Waals surface area (Å²) in [5.74, 6) is -0.201. The first kappa shape index (κ1) is 22.3. The molecule has 0 saturated heterocycles. The zero-order chi connectivity index (χ0) is 18.9. The van der Waals surface area contributed by atoms with Crippen LogP contribution in [0.1, 0.15) is 48.2 Å². The fourth-order valence-corrected chi connectivity index (χ4v) is 4.23. The van der Waals surface area contributed by atoms with E-state index >= 15 is 0 Å². The van der Waals surface area contributed by atoms with Crippen molar-refractivity contribution in [2.24, 2.45) is 5.41 Å². The molecule has 0 heterocycles. The number of carbonyl (C=O) groups is 2. The molecule has 1 aliphatic carbocycles. The number of carbonyl (C=O) groups excluding carboxylic acids is 2. The molecule has 0 aliphatic heterocycles. The van der Waals surface area contributed by atoms with Gasteiger partial charge < -0.3 is 0 Å². The zero-order valence-electron chi connectivity index (χ0n) is 16.3. The van der Waals surface area contributed by atoms with Crippen molar-refractivity contribution in [2.45, 2.75) is 45.4 Å². The molecule has 0 amide bonds. The first-order valence-corrected chi connectivity index (χ1v) is 9.66. The maximum atomic E-state index is 13.4. The van der Waals surface area contributed by atoms with E-state index in [0.717, 1.165) is 33.8 Å². The molecule has 4 heteroatoms. The third-order valence-corrected chi connectivity index (χ3v) is 6.23. The smallest absolute Gasteiger partial charge is 0.173 e. The summed E-state index contributed by atoms with van der Waals surface area (Å²) in [6.07, 6.45) is 1.51. The van der Waals surface area contributed by atoms with Crippen molar-refractivity contribution < 1.29 is 42.3 Å². The van der Waals surface area contributed by atoms with Gasteiger partial charge in [-0.15, -0.1) is 5.56 Å². The number of Topliss-reactive ketones (excluding diaryl/α,β-unsaturated/α-hetero) is 2. The molecule has 0 atom stereocenters. The molecule has 27 heavy (non-hydrogen) atoms. The van der Waals surface area contributed by atoms with Gasteiger partial charge in [-0.3, -0.25) is 9.59 Å². The first-order valence-electron chi connectivity index (χ1n) is 8.84. The van der Waals surface area contributed by atoms with Crippen LogP contribution in [0, 0.1) is 25.3 Å². The van der Waals surface area contributed by atoms with Crippen LogP contribution in [0.25, 0.3) is 0 Å². The van der Waals surface area contributed by atoms with Gasteiger partial charge >= 0.3 is 0 Å². The average molecular weight is 452 g/mol. The second kappa shape index (κ2) is 8.98. The summed E-state index contributed by atoms with van der Waals surface area (Å²) in [6, 6.07) is 16.6. The minimum absolute atomic E-state index is 0. The molecule has 2 nitrogen and oxygen atoms in total. The van der Waals surface area contributed by atoms with Crippen LogP contribution < -0.4 is 0 Å². The standard InChI is InChI=1S/C23H23O2S.Y/c1-15-9-8-12-18(16(15)2)21(24)20-19(13-14-23(3,4)22(20)25)26-17-10-6-5-7-11-17;/h5-8,10-12H,13-14H2,1-4H3;/q-1;. The zero-order valence-corrected chi connectivity index (χ0v) is 19.9. The Morgan fingerprint density at radius 1 is 1.11 bits per heavy atom. The van der Waals surface area contributed by atoms with E-state index < -0.39 is 5.41 Å². The summed E-state index contributed by atoms with van der Waals surface area (Å²) < 4.78 is 0. The fraction of sp³-hybridized carbons (Fsp3) is 0.304. The van der Waals surface area contributed by atoms with Gasteiger partial charge in [0.1, 0.15) is 0 Å². The third kappa shape index (κ3) is 4.70. The number of ketones is 2. The average Bonchev–Trinajstić information content (AvgIpc) is 2.61. The molecule has 0 fully saturated rings. The number of aryl methyl sites for hydroxylation is 1. The number of hydrogen-bond acceptors (Lipinski definition) is 3. The van der Waals surface area contributed by atoms with Crippen LogP contribution in [0.4, 0.5) is 0 Å². The summed E-state index contributed by atoms with van der Waals surface area (Å²) >= 11 is 1.54. The molecular weight excluding hydrogens is 429 g/mol. The van der Waals surface area contributed by atoms with Crippen molar-refractivity contribution in [3.8, 4) is 0 Å². The number of benzene rings is 2. The van der Waals surface area contributed by atoms with Gasteiger partial charge in [-0.05, 0) is 25.0 Å². The van der Waals surface area contributed by atoms with Crippen LogP contribution in [-0.4, -0.2) is 11.6 Å². The number of allylic oxidation sites excluding steroid dienone is 2. The third-order valence-electron chi connectivity index (χ3n) is 5.07. The van der Waals surface area contributed by atoms with Gasteiger partial charge in [0.05, 0.1) is 5.57 Å². The molecule has 2 aromatic rings. The summed E-state index contributed by atoms with van der Waals surface area (Å²) in [6.45, 7) is 7.72. The predicted molar refractivity (Wildman–Crippen MR) is 106 cm³/mol. The Kier molecular flexibility index (Phi) is 7.41. The molecule has 0 spiro atoms. The summed E-state index contributed by atoms with van der Waals surface area (Å²) in [4.78, 5) is 28.5. The van der Waals surface area contributed by atoms with Crippen LogP contribution in [0.2, 0.25) is 0 Å². The van der Waals surface area contributed by atoms with E-state index in [1.807, 2.05) is 58.0 Å². The Morgan fingerprint density at radius 2 is 1.78 bits per heavy atom. The van der Waals surface area contributed by atoms with E-state index in [0.29, 0.717) is 11.1 Å². The predicted octanol–water partition coefficient (Wildman–Crippen LogP) is 5.72. The molecule has 0 N–H and O–H groups in total. The molecule has 137 valence electrons. The Bertz CT molecular complexity index is 898. The molecule has 0 saturated carbocycles. The van der Waals surface area contributed by atoms with Crippen molar-refractivity contribution in [1.82, 2.24) is 0 Å². The normalized spacial score (nSPS) is 16.1. The van der Waals surface area contributed by atoms with E-state index in [1.165, 1.54) is 0 Å². The van der Waals surface area contributed by atoms with Gasteiger partial charge in [-0.25, -0.2) is 0 Å². The van der Waals surface area contributed by atoms with Crippen molar-refractivity contribution >= 4 is 23.3 Å². The molecule has 3 rings (SSSR count). The molecule has 2 aromatic carbocycles. The maximum Gasteiger partial charge on any atom is 0.173 e. The van der Waals surface area contributed by atoms with Crippen molar-refractivity contribution in [2.75, 3.05) is 0 Å². The summed E-state index contributed by atoms with van der Waals surface area (Å²) in [5, 5.41) is 0. The van der Waals surface area contributed by atoms with Crippen molar-refractivity contribution in [1.29, 1.82) is 0 Å². The van der Waals surface area contributed by atoms with Crippen LogP contribution in [0.3, 0.4) is 0 Å². The van der Waals surface area contributed by atoms with E-state index in [9.17, 15) is 9.59 Å². The van der Waals surface area contributed by atoms with Gasteiger partial charge in [0.15, 0.2) is 11.6 Å².